The quantitative estimate of drug-likeness (QED) is 0.122. The average molecular weight is 851 g/mol. The minimum absolute atomic E-state index is 1.04. The van der Waals surface area contributed by atoms with Gasteiger partial charge in [0.1, 0.15) is 0 Å². The highest BCUT2D eigenvalue weighted by molar-refractivity contribution is 6.32. The summed E-state index contributed by atoms with van der Waals surface area (Å²) < 4.78 is 5.30. The maximum absolute atomic E-state index is 2.65. The molecule has 318 valence electrons. The van der Waals surface area contributed by atoms with Gasteiger partial charge in [0.05, 0.1) is 44.5 Å². The van der Waals surface area contributed by atoms with Crippen molar-refractivity contribution in [3.63, 3.8) is 0 Å². The van der Waals surface area contributed by atoms with E-state index in [0.717, 1.165) is 61.3 Å². The van der Waals surface area contributed by atoms with Crippen LogP contribution in [0.5, 0.6) is 0 Å². The Hall–Kier alpha value is -7.82. The molecule has 0 bridgehead atoms. The molecule has 0 aliphatic heterocycles. The normalized spacial score (nSPS) is 12.2. The fraction of sp³-hybridized carbons (Fsp3) is 0.129. The van der Waals surface area contributed by atoms with Crippen LogP contribution in [0.2, 0.25) is 0 Å². The summed E-state index contributed by atoms with van der Waals surface area (Å²) in [6, 6.07) is 72.2. The molecule has 0 unspecified atom stereocenters. The van der Waals surface area contributed by atoms with E-state index in [1.807, 2.05) is 0 Å². The Kier molecular flexibility index (Phi) is 9.02. The van der Waals surface area contributed by atoms with Gasteiger partial charge in [-0.2, -0.15) is 0 Å². The van der Waals surface area contributed by atoms with Crippen molar-refractivity contribution in [2.75, 3.05) is 9.80 Å². The molecule has 0 spiro atoms. The van der Waals surface area contributed by atoms with Gasteiger partial charge in [-0.1, -0.05) is 148 Å². The molecule has 4 nitrogen and oxygen atoms in total. The first-order chi connectivity index (χ1) is 32.7. The molecule has 0 atom stereocenters. The largest absolute Gasteiger partial charge is 0.310 e. The lowest BCUT2D eigenvalue weighted by atomic mass is 9.99. The van der Waals surface area contributed by atoms with Crippen molar-refractivity contribution in [2.24, 2.45) is 0 Å². The van der Waals surface area contributed by atoms with E-state index in [4.69, 9.17) is 0 Å². The van der Waals surface area contributed by atoms with E-state index in [0.29, 0.717) is 0 Å². The van der Waals surface area contributed by atoms with Gasteiger partial charge in [0.2, 0.25) is 0 Å². The summed E-state index contributed by atoms with van der Waals surface area (Å²) in [5.74, 6) is 0. The van der Waals surface area contributed by atoms with Crippen molar-refractivity contribution in [2.45, 2.75) is 52.4 Å². The molecule has 0 saturated heterocycles. The lowest BCUT2D eigenvalue weighted by Gasteiger charge is -2.26. The molecule has 13 rings (SSSR count). The summed E-state index contributed by atoms with van der Waals surface area (Å²) in [6.45, 7) is 4.61. The molecule has 4 aromatic heterocycles. The molecule has 4 heteroatoms. The van der Waals surface area contributed by atoms with E-state index in [1.54, 1.807) is 0 Å². The Bertz CT molecular complexity index is 3550. The van der Waals surface area contributed by atoms with Crippen molar-refractivity contribution >= 4 is 110 Å². The van der Waals surface area contributed by atoms with Crippen molar-refractivity contribution in [3.05, 3.63) is 205 Å². The second-order valence-electron chi connectivity index (χ2n) is 18.1. The molecule has 0 aliphatic rings. The van der Waals surface area contributed by atoms with Gasteiger partial charge >= 0.3 is 0 Å². The predicted octanol–water partition coefficient (Wildman–Crippen LogP) is 17.6. The van der Waals surface area contributed by atoms with Crippen LogP contribution in [0.1, 0.15) is 50.7 Å². The smallest absolute Gasteiger partial charge is 0.0641 e. The van der Waals surface area contributed by atoms with Crippen LogP contribution < -0.4 is 9.80 Å². The summed E-state index contributed by atoms with van der Waals surface area (Å²) in [4.78, 5) is 4.90. The number of nitrogens with zero attached hydrogens (tertiary/aromatic N) is 4. The number of para-hydroxylation sites is 6. The molecule has 0 saturated carbocycles. The number of rotatable bonds is 12. The number of aryl methyl sites for hydroxylation is 2. The zero-order valence-corrected chi connectivity index (χ0v) is 37.5. The summed E-state index contributed by atoms with van der Waals surface area (Å²) >= 11 is 0. The van der Waals surface area contributed by atoms with E-state index >= 15 is 0 Å². The van der Waals surface area contributed by atoms with Crippen LogP contribution in [-0.4, -0.2) is 8.80 Å². The monoisotopic (exact) mass is 850 g/mol. The van der Waals surface area contributed by atoms with Gasteiger partial charge in [0.25, 0.3) is 0 Å². The first-order valence-electron chi connectivity index (χ1n) is 23.9. The number of aromatic nitrogens is 2. The van der Waals surface area contributed by atoms with Gasteiger partial charge in [-0.3, -0.25) is 0 Å². The fourth-order valence-electron chi connectivity index (χ4n) is 11.5. The minimum Gasteiger partial charge on any atom is -0.310 e. The topological polar surface area (TPSA) is 15.3 Å². The van der Waals surface area contributed by atoms with Crippen molar-refractivity contribution in [1.29, 1.82) is 0 Å². The van der Waals surface area contributed by atoms with Gasteiger partial charge in [-0.05, 0) is 110 Å². The lowest BCUT2D eigenvalue weighted by molar-refractivity contribution is 0.797. The molecular formula is C62H50N4. The highest BCUT2D eigenvalue weighted by atomic mass is 15.2. The zero-order chi connectivity index (χ0) is 43.9. The Morgan fingerprint density at radius 3 is 1.05 bits per heavy atom. The minimum atomic E-state index is 1.04. The van der Waals surface area contributed by atoms with Crippen LogP contribution in [0.4, 0.5) is 34.1 Å². The molecule has 0 amide bonds. The first kappa shape index (κ1) is 38.6. The third kappa shape index (κ3) is 5.64. The molecule has 13 aromatic rings. The molecule has 4 heterocycles. The van der Waals surface area contributed by atoms with E-state index in [9.17, 15) is 0 Å². The molecular weight excluding hydrogens is 801 g/mol. The van der Waals surface area contributed by atoms with Gasteiger partial charge in [0.15, 0.2) is 0 Å². The Labute approximate surface area is 384 Å². The maximum atomic E-state index is 2.65. The summed E-state index contributed by atoms with van der Waals surface area (Å²) in [6.07, 6.45) is 6.67. The molecule has 0 aliphatic carbocycles. The van der Waals surface area contributed by atoms with Crippen LogP contribution in [0, 0.1) is 0 Å². The average Bonchev–Trinajstić information content (AvgIpc) is 4.10. The van der Waals surface area contributed by atoms with Crippen molar-refractivity contribution in [1.82, 2.24) is 8.80 Å². The Morgan fingerprint density at radius 2 is 0.697 bits per heavy atom. The fourth-order valence-corrected chi connectivity index (χ4v) is 11.5. The van der Waals surface area contributed by atoms with Gasteiger partial charge in [-0.15, -0.1) is 0 Å². The summed E-state index contributed by atoms with van der Waals surface area (Å²) in [5.41, 5.74) is 17.6. The number of hydrogen-bond donors (Lipinski definition) is 0. The van der Waals surface area contributed by atoms with E-state index in [2.05, 4.69) is 227 Å². The van der Waals surface area contributed by atoms with E-state index in [-0.39, 0.29) is 0 Å². The molecule has 9 aromatic carbocycles. The number of unbranched alkanes of at least 4 members (excludes halogenated alkanes) is 2. The summed E-state index contributed by atoms with van der Waals surface area (Å²) in [7, 11) is 0. The number of benzene rings is 9. The van der Waals surface area contributed by atoms with Crippen LogP contribution in [-0.2, 0) is 12.8 Å². The van der Waals surface area contributed by atoms with E-state index in [1.165, 1.54) is 98.7 Å². The van der Waals surface area contributed by atoms with Gasteiger partial charge in [-0.25, -0.2) is 0 Å². The van der Waals surface area contributed by atoms with Crippen molar-refractivity contribution < 1.29 is 0 Å². The highest BCUT2D eigenvalue weighted by Crippen LogP contribution is 2.52. The van der Waals surface area contributed by atoms with Gasteiger partial charge < -0.3 is 18.6 Å². The van der Waals surface area contributed by atoms with Crippen LogP contribution in [0.3, 0.4) is 0 Å². The van der Waals surface area contributed by atoms with Gasteiger partial charge in [0, 0.05) is 65.8 Å². The highest BCUT2D eigenvalue weighted by Gasteiger charge is 2.29. The Morgan fingerprint density at radius 1 is 0.333 bits per heavy atom. The molecule has 66 heavy (non-hydrogen) atoms. The lowest BCUT2D eigenvalue weighted by Crippen LogP contribution is -2.10. The van der Waals surface area contributed by atoms with Crippen LogP contribution in [0.25, 0.3) is 76.2 Å². The van der Waals surface area contributed by atoms with Crippen LogP contribution >= 0.6 is 0 Å². The first-order valence-corrected chi connectivity index (χ1v) is 23.9. The summed E-state index contributed by atoms with van der Waals surface area (Å²) in [5, 5.41) is 10.4. The molecule has 0 radical (unpaired) electrons. The predicted molar refractivity (Wildman–Crippen MR) is 282 cm³/mol. The number of hydrogen-bond acceptors (Lipinski definition) is 2. The van der Waals surface area contributed by atoms with Crippen LogP contribution in [0.15, 0.2) is 194 Å². The number of anilines is 6. The third-order valence-corrected chi connectivity index (χ3v) is 14.3. The zero-order valence-electron chi connectivity index (χ0n) is 37.5. The SMILES string of the molecule is CCCCc1cccc2c3c(N(c4ccccc4)c4ccccc4)ccc4c5cc6c(cc5n(c12)c43)c1ccc(N(c2ccccc2)c2ccccc2)c2c3cccc(CCCC)c3n6c12. The second-order valence-corrected chi connectivity index (χ2v) is 18.1. The molecule has 0 N–H and O–H groups in total. The van der Waals surface area contributed by atoms with Crippen molar-refractivity contribution in [3.8, 4) is 0 Å². The second kappa shape index (κ2) is 15.4. The number of fused-ring (bicyclic) bond motifs is 12. The van der Waals surface area contributed by atoms with E-state index < -0.39 is 0 Å². The third-order valence-electron chi connectivity index (χ3n) is 14.3. The molecule has 0 fully saturated rings. The Balaban J connectivity index is 1.17. The standard InChI is InChI=1S/C62H50N4/c1-3-5-21-41-23-19-33-49-57-53(63(43-25-11-7-12-26-43)44-27-13-8-14-28-44)37-35-47-51-40-56-52(39-55(51)65(59(41)49)61(47)57)48-36-38-54(64(45-29-15-9-16-30-45)46-31-17-10-18-32-46)58-50-34-20-24-42(22-6-4-2)60(50)66(56)62(48)58/h7-20,23-40H,3-6,21-22H2,1-2H3. The maximum Gasteiger partial charge on any atom is 0.0641 e.